The van der Waals surface area contributed by atoms with Crippen molar-refractivity contribution in [3.05, 3.63) is 65.2 Å². The van der Waals surface area contributed by atoms with Gasteiger partial charge in [-0.3, -0.25) is 9.69 Å². The molecule has 4 nitrogen and oxygen atoms in total. The van der Waals surface area contributed by atoms with Crippen molar-refractivity contribution in [2.24, 2.45) is 0 Å². The minimum Gasteiger partial charge on any atom is -0.497 e. The summed E-state index contributed by atoms with van der Waals surface area (Å²) in [7, 11) is 1.60. The van der Waals surface area contributed by atoms with Crippen LogP contribution >= 0.6 is 0 Å². The molecule has 1 heterocycles. The zero-order valence-electron chi connectivity index (χ0n) is 14.1. The third kappa shape index (κ3) is 4.15. The van der Waals surface area contributed by atoms with Gasteiger partial charge in [-0.15, -0.1) is 0 Å². The van der Waals surface area contributed by atoms with Crippen molar-refractivity contribution in [1.82, 2.24) is 10.2 Å². The first-order chi connectivity index (χ1) is 11.8. The number of rotatable bonds is 6. The minimum atomic E-state index is -0.0788. The van der Waals surface area contributed by atoms with Crippen molar-refractivity contribution in [3.63, 3.8) is 0 Å². The van der Waals surface area contributed by atoms with E-state index in [0.717, 1.165) is 6.54 Å². The molecule has 0 aromatic heterocycles. The number of hydrogen-bond acceptors (Lipinski definition) is 3. The molecule has 0 radical (unpaired) electrons. The highest BCUT2D eigenvalue weighted by atomic mass is 16.5. The van der Waals surface area contributed by atoms with Crippen LogP contribution in [0.4, 0.5) is 0 Å². The van der Waals surface area contributed by atoms with E-state index in [1.807, 2.05) is 18.2 Å². The molecule has 1 N–H and O–H groups in total. The van der Waals surface area contributed by atoms with Crippen LogP contribution in [0.25, 0.3) is 0 Å². The van der Waals surface area contributed by atoms with Gasteiger partial charge in [0.25, 0.3) is 5.91 Å². The SMILES string of the molecule is COc1cccc(C(=O)NCc2ccccc2CN2CCCC2)c1. The Morgan fingerprint density at radius 2 is 1.83 bits per heavy atom. The Morgan fingerprint density at radius 1 is 1.08 bits per heavy atom. The van der Waals surface area contributed by atoms with Crippen LogP contribution in [0.3, 0.4) is 0 Å². The van der Waals surface area contributed by atoms with E-state index in [0.29, 0.717) is 17.9 Å². The second-order valence-corrected chi connectivity index (χ2v) is 6.17. The molecule has 0 spiro atoms. The predicted octanol–water partition coefficient (Wildman–Crippen LogP) is 3.22. The van der Waals surface area contributed by atoms with Crippen molar-refractivity contribution >= 4 is 5.91 Å². The Kier molecular flexibility index (Phi) is 5.49. The van der Waals surface area contributed by atoms with Gasteiger partial charge in [-0.1, -0.05) is 30.3 Å². The van der Waals surface area contributed by atoms with Crippen LogP contribution < -0.4 is 10.1 Å². The summed E-state index contributed by atoms with van der Waals surface area (Å²) < 4.78 is 5.18. The lowest BCUT2D eigenvalue weighted by Crippen LogP contribution is -2.25. The Labute approximate surface area is 143 Å². The third-order valence-corrected chi connectivity index (χ3v) is 4.48. The molecule has 1 aliphatic heterocycles. The lowest BCUT2D eigenvalue weighted by atomic mass is 10.1. The van der Waals surface area contributed by atoms with Crippen LogP contribution in [0.2, 0.25) is 0 Å². The van der Waals surface area contributed by atoms with Gasteiger partial charge in [0.05, 0.1) is 7.11 Å². The average Bonchev–Trinajstić information content (AvgIpc) is 3.14. The molecular formula is C20H24N2O2. The molecular weight excluding hydrogens is 300 g/mol. The summed E-state index contributed by atoms with van der Waals surface area (Å²) in [5, 5.41) is 3.02. The van der Waals surface area contributed by atoms with Crippen LogP contribution in [0.5, 0.6) is 5.75 Å². The van der Waals surface area contributed by atoms with Gasteiger partial charge in [0.1, 0.15) is 5.75 Å². The standard InChI is InChI=1S/C20H24N2O2/c1-24-19-10-6-9-16(13-19)20(23)21-14-17-7-2-3-8-18(17)15-22-11-4-5-12-22/h2-3,6-10,13H,4-5,11-12,14-15H2,1H3,(H,21,23). The van der Waals surface area contributed by atoms with Crippen LogP contribution in [0.1, 0.15) is 34.3 Å². The molecule has 2 aromatic carbocycles. The van der Waals surface area contributed by atoms with Gasteiger partial charge in [0, 0.05) is 18.7 Å². The second kappa shape index (κ2) is 7.97. The molecule has 24 heavy (non-hydrogen) atoms. The number of benzene rings is 2. The summed E-state index contributed by atoms with van der Waals surface area (Å²) >= 11 is 0. The minimum absolute atomic E-state index is 0.0788. The number of methoxy groups -OCH3 is 1. The van der Waals surface area contributed by atoms with E-state index in [1.165, 1.54) is 37.1 Å². The third-order valence-electron chi connectivity index (χ3n) is 4.48. The Bertz CT molecular complexity index is 694. The van der Waals surface area contributed by atoms with Crippen molar-refractivity contribution in [2.75, 3.05) is 20.2 Å². The fraction of sp³-hybridized carbons (Fsp3) is 0.350. The molecule has 0 aliphatic carbocycles. The molecule has 126 valence electrons. The summed E-state index contributed by atoms with van der Waals surface area (Å²) in [4.78, 5) is 14.8. The molecule has 2 aromatic rings. The van der Waals surface area contributed by atoms with Crippen LogP contribution in [-0.2, 0) is 13.1 Å². The highest BCUT2D eigenvalue weighted by Gasteiger charge is 2.14. The number of likely N-dealkylation sites (tertiary alicyclic amines) is 1. The Balaban J connectivity index is 1.64. The highest BCUT2D eigenvalue weighted by molar-refractivity contribution is 5.94. The summed E-state index contributed by atoms with van der Waals surface area (Å²) in [6.45, 7) is 3.85. The summed E-state index contributed by atoms with van der Waals surface area (Å²) in [6.07, 6.45) is 2.57. The molecule has 1 saturated heterocycles. The van der Waals surface area contributed by atoms with Crippen molar-refractivity contribution in [2.45, 2.75) is 25.9 Å². The number of amides is 1. The van der Waals surface area contributed by atoms with Gasteiger partial charge in [0.2, 0.25) is 0 Å². The van der Waals surface area contributed by atoms with E-state index in [-0.39, 0.29) is 5.91 Å². The fourth-order valence-electron chi connectivity index (χ4n) is 3.11. The zero-order chi connectivity index (χ0) is 16.8. The largest absolute Gasteiger partial charge is 0.497 e. The lowest BCUT2D eigenvalue weighted by Gasteiger charge is -2.17. The Hall–Kier alpha value is -2.33. The van der Waals surface area contributed by atoms with E-state index < -0.39 is 0 Å². The molecule has 1 fully saturated rings. The van der Waals surface area contributed by atoms with E-state index in [9.17, 15) is 4.79 Å². The smallest absolute Gasteiger partial charge is 0.251 e. The van der Waals surface area contributed by atoms with Gasteiger partial charge >= 0.3 is 0 Å². The number of ether oxygens (including phenoxy) is 1. The van der Waals surface area contributed by atoms with E-state index in [4.69, 9.17) is 4.74 Å². The summed E-state index contributed by atoms with van der Waals surface area (Å²) in [5.41, 5.74) is 3.09. The Morgan fingerprint density at radius 3 is 2.58 bits per heavy atom. The first-order valence-electron chi connectivity index (χ1n) is 8.47. The lowest BCUT2D eigenvalue weighted by molar-refractivity contribution is 0.0950. The topological polar surface area (TPSA) is 41.6 Å². The van der Waals surface area contributed by atoms with Gasteiger partial charge in [-0.05, 0) is 55.3 Å². The maximum absolute atomic E-state index is 12.4. The molecule has 3 rings (SSSR count). The van der Waals surface area contributed by atoms with Crippen molar-refractivity contribution in [3.8, 4) is 5.75 Å². The number of nitrogens with zero attached hydrogens (tertiary/aromatic N) is 1. The van der Waals surface area contributed by atoms with Crippen molar-refractivity contribution in [1.29, 1.82) is 0 Å². The zero-order valence-corrected chi connectivity index (χ0v) is 14.1. The van der Waals surface area contributed by atoms with Crippen molar-refractivity contribution < 1.29 is 9.53 Å². The van der Waals surface area contributed by atoms with E-state index in [1.54, 1.807) is 19.2 Å². The maximum Gasteiger partial charge on any atom is 0.251 e. The molecule has 4 heteroatoms. The number of carbonyl (C=O) groups is 1. The van der Waals surface area contributed by atoms with Gasteiger partial charge in [0.15, 0.2) is 0 Å². The molecule has 1 amide bonds. The quantitative estimate of drug-likeness (QED) is 0.887. The number of carbonyl (C=O) groups excluding carboxylic acids is 1. The van der Waals surface area contributed by atoms with Crippen LogP contribution in [0.15, 0.2) is 48.5 Å². The van der Waals surface area contributed by atoms with Crippen LogP contribution in [-0.4, -0.2) is 31.0 Å². The first-order valence-corrected chi connectivity index (χ1v) is 8.47. The predicted molar refractivity (Wildman–Crippen MR) is 95.1 cm³/mol. The molecule has 1 aliphatic rings. The van der Waals surface area contributed by atoms with Gasteiger partial charge < -0.3 is 10.1 Å². The summed E-state index contributed by atoms with van der Waals surface area (Å²) in [6, 6.07) is 15.6. The second-order valence-electron chi connectivity index (χ2n) is 6.17. The fourth-order valence-corrected chi connectivity index (χ4v) is 3.11. The van der Waals surface area contributed by atoms with E-state index >= 15 is 0 Å². The molecule has 0 unspecified atom stereocenters. The maximum atomic E-state index is 12.4. The number of hydrogen-bond donors (Lipinski definition) is 1. The molecule has 0 bridgehead atoms. The molecule has 0 saturated carbocycles. The van der Waals surface area contributed by atoms with Crippen LogP contribution in [0, 0.1) is 0 Å². The monoisotopic (exact) mass is 324 g/mol. The average molecular weight is 324 g/mol. The van der Waals surface area contributed by atoms with Gasteiger partial charge in [-0.2, -0.15) is 0 Å². The molecule has 0 atom stereocenters. The van der Waals surface area contributed by atoms with E-state index in [2.05, 4.69) is 28.4 Å². The van der Waals surface area contributed by atoms with Gasteiger partial charge in [-0.25, -0.2) is 0 Å². The normalized spacial score (nSPS) is 14.5. The summed E-state index contributed by atoms with van der Waals surface area (Å²) in [5.74, 6) is 0.613. The first kappa shape index (κ1) is 16.5. The highest BCUT2D eigenvalue weighted by Crippen LogP contribution is 2.17. The number of nitrogens with one attached hydrogen (secondary N) is 1.